The summed E-state index contributed by atoms with van der Waals surface area (Å²) < 4.78 is 0. The Morgan fingerprint density at radius 2 is 2.15 bits per heavy atom. The van der Waals surface area contributed by atoms with Gasteiger partial charge in [0.15, 0.2) is 0 Å². The maximum atomic E-state index is 12.0. The van der Waals surface area contributed by atoms with E-state index < -0.39 is 0 Å². The van der Waals surface area contributed by atoms with Gasteiger partial charge in [-0.2, -0.15) is 0 Å². The van der Waals surface area contributed by atoms with Crippen LogP contribution in [0.4, 0.5) is 0 Å². The minimum atomic E-state index is -0.0654. The van der Waals surface area contributed by atoms with Gasteiger partial charge in [-0.05, 0) is 35.2 Å². The van der Waals surface area contributed by atoms with Crippen LogP contribution in [-0.4, -0.2) is 17.9 Å². The minimum Gasteiger partial charge on any atom is -0.337 e. The average molecular weight is 326 g/mol. The van der Waals surface area contributed by atoms with Crippen molar-refractivity contribution in [2.45, 2.75) is 6.54 Å². The SMILES string of the molecule is CN(Cc1cccs1)C(=O)/C=C/c1ccc(Cl)cc1Cl. The molecule has 1 heterocycles. The Labute approximate surface area is 132 Å². The average Bonchev–Trinajstić information content (AvgIpc) is 2.90. The van der Waals surface area contributed by atoms with E-state index in [1.807, 2.05) is 17.5 Å². The van der Waals surface area contributed by atoms with Crippen molar-refractivity contribution in [3.05, 3.63) is 62.3 Å². The maximum absolute atomic E-state index is 12.0. The number of hydrogen-bond acceptors (Lipinski definition) is 2. The third-order valence-corrected chi connectivity index (χ3v) is 4.14. The van der Waals surface area contributed by atoms with Crippen LogP contribution in [0.15, 0.2) is 41.8 Å². The van der Waals surface area contributed by atoms with Crippen molar-refractivity contribution in [1.82, 2.24) is 4.90 Å². The first-order chi connectivity index (χ1) is 9.56. The van der Waals surface area contributed by atoms with E-state index >= 15 is 0 Å². The molecule has 0 atom stereocenters. The molecule has 0 saturated carbocycles. The summed E-state index contributed by atoms with van der Waals surface area (Å²) in [7, 11) is 1.77. The molecule has 0 aliphatic carbocycles. The zero-order valence-corrected chi connectivity index (χ0v) is 13.2. The van der Waals surface area contributed by atoms with Gasteiger partial charge in [0.1, 0.15) is 0 Å². The van der Waals surface area contributed by atoms with Crippen LogP contribution in [-0.2, 0) is 11.3 Å². The summed E-state index contributed by atoms with van der Waals surface area (Å²) in [4.78, 5) is 14.8. The van der Waals surface area contributed by atoms with Gasteiger partial charge in [0.25, 0.3) is 0 Å². The Balaban J connectivity index is 2.01. The molecule has 0 unspecified atom stereocenters. The standard InChI is InChI=1S/C15H13Cl2NOS/c1-18(10-13-3-2-8-20-13)15(19)7-5-11-4-6-12(16)9-14(11)17/h2-9H,10H2,1H3/b7-5+. The summed E-state index contributed by atoms with van der Waals surface area (Å²) >= 11 is 13.5. The second kappa shape index (κ2) is 6.93. The molecular weight excluding hydrogens is 313 g/mol. The number of amides is 1. The van der Waals surface area contributed by atoms with Crippen molar-refractivity contribution in [3.8, 4) is 0 Å². The Morgan fingerprint density at radius 3 is 2.80 bits per heavy atom. The summed E-state index contributed by atoms with van der Waals surface area (Å²) in [5, 5.41) is 3.10. The van der Waals surface area contributed by atoms with E-state index in [1.165, 1.54) is 6.08 Å². The highest BCUT2D eigenvalue weighted by Crippen LogP contribution is 2.22. The lowest BCUT2D eigenvalue weighted by Gasteiger charge is -2.13. The molecule has 0 N–H and O–H groups in total. The van der Waals surface area contributed by atoms with Crippen LogP contribution < -0.4 is 0 Å². The Bertz CT molecular complexity index is 623. The number of hydrogen-bond donors (Lipinski definition) is 0. The van der Waals surface area contributed by atoms with Crippen LogP contribution in [0.5, 0.6) is 0 Å². The second-order valence-electron chi connectivity index (χ2n) is 4.27. The van der Waals surface area contributed by atoms with E-state index in [0.717, 1.165) is 10.4 Å². The van der Waals surface area contributed by atoms with E-state index in [2.05, 4.69) is 0 Å². The van der Waals surface area contributed by atoms with E-state index in [-0.39, 0.29) is 5.91 Å². The van der Waals surface area contributed by atoms with Gasteiger partial charge < -0.3 is 4.90 Å². The van der Waals surface area contributed by atoms with E-state index in [0.29, 0.717) is 16.6 Å². The molecule has 0 fully saturated rings. The maximum Gasteiger partial charge on any atom is 0.246 e. The lowest BCUT2D eigenvalue weighted by molar-refractivity contribution is -0.125. The quantitative estimate of drug-likeness (QED) is 0.744. The van der Waals surface area contributed by atoms with Gasteiger partial charge in [0.2, 0.25) is 5.91 Å². The number of halogens is 2. The summed E-state index contributed by atoms with van der Waals surface area (Å²) in [5.74, 6) is -0.0654. The number of rotatable bonds is 4. The van der Waals surface area contributed by atoms with Crippen LogP contribution >= 0.6 is 34.5 Å². The molecule has 2 nitrogen and oxygen atoms in total. The number of benzene rings is 1. The summed E-state index contributed by atoms with van der Waals surface area (Å²) in [6.45, 7) is 0.606. The molecule has 1 aromatic carbocycles. The fraction of sp³-hybridized carbons (Fsp3) is 0.133. The molecule has 20 heavy (non-hydrogen) atoms. The molecule has 0 bridgehead atoms. The van der Waals surface area contributed by atoms with Crippen molar-refractivity contribution < 1.29 is 4.79 Å². The topological polar surface area (TPSA) is 20.3 Å². The van der Waals surface area contributed by atoms with Gasteiger partial charge in [-0.15, -0.1) is 11.3 Å². The van der Waals surface area contributed by atoms with Gasteiger partial charge >= 0.3 is 0 Å². The summed E-state index contributed by atoms with van der Waals surface area (Å²) in [6, 6.07) is 9.17. The molecule has 2 rings (SSSR count). The minimum absolute atomic E-state index is 0.0654. The van der Waals surface area contributed by atoms with Crippen LogP contribution in [0.2, 0.25) is 10.0 Å². The second-order valence-corrected chi connectivity index (χ2v) is 6.15. The highest BCUT2D eigenvalue weighted by molar-refractivity contribution is 7.09. The fourth-order valence-electron chi connectivity index (χ4n) is 1.64. The molecule has 0 radical (unpaired) electrons. The molecule has 0 spiro atoms. The lowest BCUT2D eigenvalue weighted by atomic mass is 10.2. The van der Waals surface area contributed by atoms with E-state index in [9.17, 15) is 4.79 Å². The monoisotopic (exact) mass is 325 g/mol. The Kier molecular flexibility index (Phi) is 5.24. The first-order valence-corrected chi connectivity index (χ1v) is 7.60. The molecule has 0 saturated heterocycles. The molecular formula is C15H13Cl2NOS. The summed E-state index contributed by atoms with van der Waals surface area (Å²) in [6.07, 6.45) is 3.22. The molecule has 0 aliphatic rings. The zero-order valence-electron chi connectivity index (χ0n) is 10.8. The molecule has 104 valence electrons. The molecule has 2 aromatic rings. The number of carbonyl (C=O) groups excluding carboxylic acids is 1. The van der Waals surface area contributed by atoms with Gasteiger partial charge in [-0.3, -0.25) is 4.79 Å². The van der Waals surface area contributed by atoms with Crippen molar-refractivity contribution >= 4 is 46.5 Å². The molecule has 5 heteroatoms. The first-order valence-electron chi connectivity index (χ1n) is 5.97. The Hall–Kier alpha value is -1.29. The first kappa shape index (κ1) is 15.1. The lowest BCUT2D eigenvalue weighted by Crippen LogP contribution is -2.23. The van der Waals surface area contributed by atoms with E-state index in [1.54, 1.807) is 47.6 Å². The van der Waals surface area contributed by atoms with Crippen molar-refractivity contribution in [1.29, 1.82) is 0 Å². The predicted octanol–water partition coefficient (Wildman–Crippen LogP) is 4.73. The zero-order chi connectivity index (χ0) is 14.5. The highest BCUT2D eigenvalue weighted by Gasteiger charge is 2.06. The smallest absolute Gasteiger partial charge is 0.246 e. The van der Waals surface area contributed by atoms with Crippen LogP contribution in [0.1, 0.15) is 10.4 Å². The third kappa shape index (κ3) is 4.10. The van der Waals surface area contributed by atoms with Gasteiger partial charge in [0.05, 0.1) is 6.54 Å². The number of nitrogens with zero attached hydrogens (tertiary/aromatic N) is 1. The van der Waals surface area contributed by atoms with Crippen molar-refractivity contribution in [2.24, 2.45) is 0 Å². The number of carbonyl (C=O) groups is 1. The van der Waals surface area contributed by atoms with Crippen LogP contribution in [0, 0.1) is 0 Å². The van der Waals surface area contributed by atoms with Gasteiger partial charge in [-0.25, -0.2) is 0 Å². The number of likely N-dealkylation sites (N-methyl/N-ethyl adjacent to an activating group) is 1. The largest absolute Gasteiger partial charge is 0.337 e. The van der Waals surface area contributed by atoms with E-state index in [4.69, 9.17) is 23.2 Å². The third-order valence-electron chi connectivity index (χ3n) is 2.72. The van der Waals surface area contributed by atoms with Crippen molar-refractivity contribution in [2.75, 3.05) is 7.05 Å². The summed E-state index contributed by atoms with van der Waals surface area (Å²) in [5.41, 5.74) is 0.772. The highest BCUT2D eigenvalue weighted by atomic mass is 35.5. The molecule has 1 amide bonds. The fourth-order valence-corrected chi connectivity index (χ4v) is 2.87. The molecule has 1 aromatic heterocycles. The van der Waals surface area contributed by atoms with Gasteiger partial charge in [-0.1, -0.05) is 35.3 Å². The normalized spacial score (nSPS) is 10.9. The Morgan fingerprint density at radius 1 is 1.35 bits per heavy atom. The molecule has 0 aliphatic heterocycles. The van der Waals surface area contributed by atoms with Gasteiger partial charge in [0, 0.05) is 28.0 Å². The predicted molar refractivity (Wildman–Crippen MR) is 86.3 cm³/mol. The van der Waals surface area contributed by atoms with Crippen LogP contribution in [0.3, 0.4) is 0 Å². The van der Waals surface area contributed by atoms with Crippen molar-refractivity contribution in [3.63, 3.8) is 0 Å². The van der Waals surface area contributed by atoms with Crippen LogP contribution in [0.25, 0.3) is 6.08 Å². The number of thiophene rings is 1.